The highest BCUT2D eigenvalue weighted by molar-refractivity contribution is 5.13. The molecule has 0 radical (unpaired) electrons. The van der Waals surface area contributed by atoms with Crippen molar-refractivity contribution in [3.05, 3.63) is 35.9 Å². The summed E-state index contributed by atoms with van der Waals surface area (Å²) in [5.41, 5.74) is 1.05. The Kier molecular flexibility index (Phi) is 7.69. The first kappa shape index (κ1) is 25.9. The first-order valence-corrected chi connectivity index (χ1v) is 11.8. The number of hydrogen-bond acceptors (Lipinski definition) is 9. The lowest BCUT2D eigenvalue weighted by atomic mass is 9.94. The maximum atomic E-state index is 6.53. The number of rotatable bonds is 8. The van der Waals surface area contributed by atoms with E-state index in [-0.39, 0.29) is 18.8 Å². The van der Waals surface area contributed by atoms with E-state index in [1.165, 1.54) is 0 Å². The minimum absolute atomic E-state index is 0.207. The van der Waals surface area contributed by atoms with E-state index in [0.717, 1.165) is 5.56 Å². The van der Waals surface area contributed by atoms with E-state index >= 15 is 0 Å². The summed E-state index contributed by atoms with van der Waals surface area (Å²) in [4.78, 5) is 0. The number of methoxy groups -OCH3 is 2. The second-order valence-electron chi connectivity index (χ2n) is 9.72. The van der Waals surface area contributed by atoms with Gasteiger partial charge in [0.05, 0.1) is 25.9 Å². The van der Waals surface area contributed by atoms with Crippen molar-refractivity contribution >= 4 is 0 Å². The molecule has 3 saturated heterocycles. The zero-order valence-electron chi connectivity index (χ0n) is 21.1. The molecule has 0 saturated carbocycles. The maximum Gasteiger partial charge on any atom is 0.220 e. The first-order valence-electron chi connectivity index (χ1n) is 11.8. The highest BCUT2D eigenvalue weighted by atomic mass is 16.8. The van der Waals surface area contributed by atoms with Gasteiger partial charge in [0, 0.05) is 14.2 Å². The Morgan fingerprint density at radius 3 is 2.12 bits per heavy atom. The van der Waals surface area contributed by atoms with Crippen molar-refractivity contribution in [2.75, 3.05) is 27.4 Å². The minimum Gasteiger partial charge on any atom is -0.368 e. The molecular formula is C25H38O9. The lowest BCUT2D eigenvalue weighted by Gasteiger charge is -2.57. The van der Waals surface area contributed by atoms with Crippen LogP contribution in [-0.2, 0) is 49.2 Å². The van der Waals surface area contributed by atoms with Crippen LogP contribution in [-0.4, -0.2) is 81.6 Å². The molecular weight excluding hydrogens is 444 g/mol. The Hall–Kier alpha value is -1.14. The molecule has 9 heteroatoms. The molecule has 3 heterocycles. The molecule has 0 amide bonds. The highest BCUT2D eigenvalue weighted by Gasteiger charge is 2.62. The van der Waals surface area contributed by atoms with Gasteiger partial charge in [0.15, 0.2) is 12.1 Å². The summed E-state index contributed by atoms with van der Waals surface area (Å²) in [6.45, 7) is 10.4. The second kappa shape index (κ2) is 10.1. The lowest BCUT2D eigenvalue weighted by molar-refractivity contribution is -0.485. The fourth-order valence-electron chi connectivity index (χ4n) is 4.61. The second-order valence-corrected chi connectivity index (χ2v) is 9.72. The number of ether oxygens (including phenoxy) is 9. The summed E-state index contributed by atoms with van der Waals surface area (Å²) in [5, 5.41) is 0. The molecule has 1 aromatic carbocycles. The summed E-state index contributed by atoms with van der Waals surface area (Å²) >= 11 is 0. The van der Waals surface area contributed by atoms with E-state index in [2.05, 4.69) is 0 Å². The summed E-state index contributed by atoms with van der Waals surface area (Å²) < 4.78 is 54.7. The van der Waals surface area contributed by atoms with Crippen LogP contribution in [0.25, 0.3) is 0 Å². The van der Waals surface area contributed by atoms with Crippen molar-refractivity contribution in [2.45, 2.75) is 95.4 Å². The van der Waals surface area contributed by atoms with Gasteiger partial charge in [-0.3, -0.25) is 0 Å². The summed E-state index contributed by atoms with van der Waals surface area (Å²) in [6, 6.07) is 9.97. The van der Waals surface area contributed by atoms with Crippen molar-refractivity contribution in [3.63, 3.8) is 0 Å². The van der Waals surface area contributed by atoms with Crippen LogP contribution in [0.5, 0.6) is 0 Å². The SMILES string of the molecule is COC1(C)O[C@H]2[C@H](OC1(C)OC)[C@H](OC[C@H]1COC(C)(C)O1)O[C@@H](C)[C@H]2OCc1ccccc1. The number of fused-ring (bicyclic) bond motifs is 1. The molecule has 9 nitrogen and oxygen atoms in total. The minimum atomic E-state index is -1.20. The molecule has 3 aliphatic rings. The molecule has 192 valence electrons. The molecule has 1 aromatic rings. The van der Waals surface area contributed by atoms with E-state index in [1.54, 1.807) is 28.1 Å². The van der Waals surface area contributed by atoms with Gasteiger partial charge in [-0.1, -0.05) is 30.3 Å². The third-order valence-electron chi connectivity index (χ3n) is 6.85. The average Bonchev–Trinajstić information content (AvgIpc) is 3.17. The van der Waals surface area contributed by atoms with Crippen LogP contribution in [0, 0.1) is 0 Å². The van der Waals surface area contributed by atoms with Gasteiger partial charge < -0.3 is 42.6 Å². The predicted octanol–water partition coefficient (Wildman–Crippen LogP) is 2.99. The Morgan fingerprint density at radius 1 is 0.882 bits per heavy atom. The Labute approximate surface area is 201 Å². The summed E-state index contributed by atoms with van der Waals surface area (Å²) in [5.74, 6) is -3.01. The molecule has 0 bridgehead atoms. The van der Waals surface area contributed by atoms with E-state index in [9.17, 15) is 0 Å². The van der Waals surface area contributed by atoms with Gasteiger partial charge >= 0.3 is 0 Å². The van der Waals surface area contributed by atoms with Crippen LogP contribution in [0.1, 0.15) is 40.2 Å². The van der Waals surface area contributed by atoms with Gasteiger partial charge in [0.1, 0.15) is 24.4 Å². The lowest BCUT2D eigenvalue weighted by Crippen LogP contribution is -2.72. The van der Waals surface area contributed by atoms with Crippen molar-refractivity contribution in [3.8, 4) is 0 Å². The molecule has 4 rings (SSSR count). The Bertz CT molecular complexity index is 805. The highest BCUT2D eigenvalue weighted by Crippen LogP contribution is 2.44. The van der Waals surface area contributed by atoms with Crippen LogP contribution >= 0.6 is 0 Å². The van der Waals surface area contributed by atoms with Gasteiger partial charge in [-0.25, -0.2) is 0 Å². The van der Waals surface area contributed by atoms with Crippen molar-refractivity contribution < 1.29 is 42.6 Å². The standard InChI is InChI=1S/C25H38O9/c1-16-19(28-13-17-11-9-8-10-12-17)20-21(34-25(5,27-7)24(4,26-6)33-20)22(31-16)29-14-18-15-30-23(2,3)32-18/h8-12,16,18-22H,13-15H2,1-7H3/t16-,18-,19+,20+,21-,22+,24?,25?/m0/s1. The molecule has 0 N–H and O–H groups in total. The van der Waals surface area contributed by atoms with Crippen LogP contribution < -0.4 is 0 Å². The largest absolute Gasteiger partial charge is 0.368 e. The third kappa shape index (κ3) is 5.18. The monoisotopic (exact) mass is 482 g/mol. The van der Waals surface area contributed by atoms with Crippen molar-refractivity contribution in [1.29, 1.82) is 0 Å². The van der Waals surface area contributed by atoms with E-state index in [4.69, 9.17) is 42.6 Å². The molecule has 0 aliphatic carbocycles. The van der Waals surface area contributed by atoms with E-state index in [0.29, 0.717) is 13.2 Å². The van der Waals surface area contributed by atoms with Crippen molar-refractivity contribution in [1.82, 2.24) is 0 Å². The zero-order chi connectivity index (χ0) is 24.6. The van der Waals surface area contributed by atoms with Gasteiger partial charge in [-0.2, -0.15) is 0 Å². The molecule has 8 atom stereocenters. The quantitative estimate of drug-likeness (QED) is 0.555. The molecule has 3 fully saturated rings. The smallest absolute Gasteiger partial charge is 0.220 e. The number of hydrogen-bond donors (Lipinski definition) is 0. The van der Waals surface area contributed by atoms with Gasteiger partial charge in [-0.05, 0) is 40.2 Å². The van der Waals surface area contributed by atoms with Gasteiger partial charge in [0.25, 0.3) is 0 Å². The molecule has 0 spiro atoms. The van der Waals surface area contributed by atoms with Crippen LogP contribution in [0.3, 0.4) is 0 Å². The Morgan fingerprint density at radius 2 is 1.53 bits per heavy atom. The van der Waals surface area contributed by atoms with Crippen molar-refractivity contribution in [2.24, 2.45) is 0 Å². The van der Waals surface area contributed by atoms with Crippen LogP contribution in [0.15, 0.2) is 30.3 Å². The molecule has 0 aromatic heterocycles. The van der Waals surface area contributed by atoms with E-state index < -0.39 is 42.0 Å². The fraction of sp³-hybridized carbons (Fsp3) is 0.760. The maximum absolute atomic E-state index is 6.53. The predicted molar refractivity (Wildman–Crippen MR) is 121 cm³/mol. The van der Waals surface area contributed by atoms with Crippen LogP contribution in [0.2, 0.25) is 0 Å². The number of benzene rings is 1. The zero-order valence-corrected chi connectivity index (χ0v) is 21.1. The fourth-order valence-corrected chi connectivity index (χ4v) is 4.61. The molecule has 3 aliphatic heterocycles. The first-order chi connectivity index (χ1) is 16.1. The van der Waals surface area contributed by atoms with Gasteiger partial charge in [-0.15, -0.1) is 0 Å². The third-order valence-corrected chi connectivity index (χ3v) is 6.85. The van der Waals surface area contributed by atoms with Crippen LogP contribution in [0.4, 0.5) is 0 Å². The molecule has 34 heavy (non-hydrogen) atoms. The summed E-state index contributed by atoms with van der Waals surface area (Å²) in [6.07, 6.45) is -2.83. The normalized spacial score (nSPS) is 41.9. The molecule has 2 unspecified atom stereocenters. The Balaban J connectivity index is 1.53. The van der Waals surface area contributed by atoms with Gasteiger partial charge in [0.2, 0.25) is 11.6 Å². The average molecular weight is 483 g/mol. The summed E-state index contributed by atoms with van der Waals surface area (Å²) in [7, 11) is 3.12. The van der Waals surface area contributed by atoms with E-state index in [1.807, 2.05) is 51.1 Å². The topological polar surface area (TPSA) is 83.1 Å².